The van der Waals surface area contributed by atoms with E-state index in [4.69, 9.17) is 11.6 Å². The Morgan fingerprint density at radius 2 is 2.11 bits per heavy atom. The van der Waals surface area contributed by atoms with E-state index in [0.29, 0.717) is 17.1 Å². The van der Waals surface area contributed by atoms with Gasteiger partial charge in [-0.2, -0.15) is 0 Å². The van der Waals surface area contributed by atoms with Gasteiger partial charge in [0.05, 0.1) is 5.02 Å². The van der Waals surface area contributed by atoms with Crippen molar-refractivity contribution in [2.75, 3.05) is 5.32 Å². The van der Waals surface area contributed by atoms with E-state index in [1.807, 2.05) is 0 Å². The summed E-state index contributed by atoms with van der Waals surface area (Å²) in [6, 6.07) is 4.73. The molecule has 4 heteroatoms. The third-order valence-electron chi connectivity index (χ3n) is 3.48. The lowest BCUT2D eigenvalue weighted by atomic mass is 10.0. The smallest absolute Gasteiger partial charge is 0.224 e. The van der Waals surface area contributed by atoms with Gasteiger partial charge in [-0.05, 0) is 24.5 Å². The Morgan fingerprint density at radius 3 is 2.78 bits per heavy atom. The van der Waals surface area contributed by atoms with Crippen LogP contribution in [0.4, 0.5) is 5.69 Å². The van der Waals surface area contributed by atoms with E-state index in [9.17, 15) is 9.90 Å². The third kappa shape index (κ3) is 3.64. The fourth-order valence-electron chi connectivity index (χ4n) is 2.45. The summed E-state index contributed by atoms with van der Waals surface area (Å²) in [6.07, 6.45) is 6.64. The van der Waals surface area contributed by atoms with Crippen molar-refractivity contribution in [3.63, 3.8) is 0 Å². The molecule has 1 amide bonds. The lowest BCUT2D eigenvalue weighted by molar-refractivity contribution is -0.116. The van der Waals surface area contributed by atoms with Gasteiger partial charge in [-0.25, -0.2) is 0 Å². The lowest BCUT2D eigenvalue weighted by Gasteiger charge is -2.09. The molecular weight excluding hydrogens is 250 g/mol. The van der Waals surface area contributed by atoms with Crippen LogP contribution in [0, 0.1) is 5.92 Å². The number of benzene rings is 1. The van der Waals surface area contributed by atoms with Crippen molar-refractivity contribution >= 4 is 23.2 Å². The zero-order valence-corrected chi connectivity index (χ0v) is 11.0. The molecule has 0 radical (unpaired) electrons. The number of nitrogens with one attached hydrogen (secondary N) is 1. The second kappa shape index (κ2) is 6.10. The largest absolute Gasteiger partial charge is 0.506 e. The van der Waals surface area contributed by atoms with Gasteiger partial charge in [0, 0.05) is 18.2 Å². The maximum atomic E-state index is 11.7. The second-order valence-electron chi connectivity index (χ2n) is 4.90. The van der Waals surface area contributed by atoms with Crippen LogP contribution in [0.5, 0.6) is 5.75 Å². The number of rotatable bonds is 4. The monoisotopic (exact) mass is 267 g/mol. The van der Waals surface area contributed by atoms with E-state index >= 15 is 0 Å². The second-order valence-corrected chi connectivity index (χ2v) is 5.31. The molecule has 0 bridgehead atoms. The Bertz CT molecular complexity index is 428. The van der Waals surface area contributed by atoms with E-state index in [0.717, 1.165) is 12.3 Å². The highest BCUT2D eigenvalue weighted by atomic mass is 35.5. The highest BCUT2D eigenvalue weighted by molar-refractivity contribution is 6.32. The first-order valence-corrected chi connectivity index (χ1v) is 6.81. The van der Waals surface area contributed by atoms with Crippen molar-refractivity contribution in [1.29, 1.82) is 0 Å². The molecule has 3 nitrogen and oxygen atoms in total. The number of hydrogen-bond acceptors (Lipinski definition) is 2. The number of halogens is 1. The van der Waals surface area contributed by atoms with Gasteiger partial charge in [0.2, 0.25) is 5.91 Å². The van der Waals surface area contributed by atoms with Crippen LogP contribution in [0.1, 0.15) is 38.5 Å². The van der Waals surface area contributed by atoms with Crippen molar-refractivity contribution in [2.45, 2.75) is 38.5 Å². The van der Waals surface area contributed by atoms with Crippen LogP contribution in [0.3, 0.4) is 0 Å². The molecule has 0 heterocycles. The van der Waals surface area contributed by atoms with Crippen LogP contribution in [0.25, 0.3) is 0 Å². The fourth-order valence-corrected chi connectivity index (χ4v) is 2.57. The van der Waals surface area contributed by atoms with Crippen molar-refractivity contribution in [3.05, 3.63) is 23.2 Å². The van der Waals surface area contributed by atoms with E-state index in [1.54, 1.807) is 12.1 Å². The van der Waals surface area contributed by atoms with E-state index in [-0.39, 0.29) is 11.7 Å². The van der Waals surface area contributed by atoms with Crippen LogP contribution in [-0.2, 0) is 4.79 Å². The van der Waals surface area contributed by atoms with Crippen LogP contribution < -0.4 is 5.32 Å². The Labute approximate surface area is 112 Å². The Morgan fingerprint density at radius 1 is 1.39 bits per heavy atom. The van der Waals surface area contributed by atoms with Gasteiger partial charge in [-0.1, -0.05) is 37.3 Å². The molecule has 0 atom stereocenters. The summed E-state index contributed by atoms with van der Waals surface area (Å²) < 4.78 is 0. The summed E-state index contributed by atoms with van der Waals surface area (Å²) in [6.45, 7) is 0. The Balaban J connectivity index is 1.80. The highest BCUT2D eigenvalue weighted by Gasteiger charge is 2.16. The normalized spacial score (nSPS) is 15.8. The molecule has 0 aromatic heterocycles. The minimum absolute atomic E-state index is 0.00335. The van der Waals surface area contributed by atoms with Gasteiger partial charge >= 0.3 is 0 Å². The molecule has 1 saturated carbocycles. The lowest BCUT2D eigenvalue weighted by Crippen LogP contribution is -2.12. The summed E-state index contributed by atoms with van der Waals surface area (Å²) in [5, 5.41) is 12.5. The summed E-state index contributed by atoms with van der Waals surface area (Å²) in [5.74, 6) is 0.711. The molecule has 2 N–H and O–H groups in total. The third-order valence-corrected chi connectivity index (χ3v) is 3.80. The summed E-state index contributed by atoms with van der Waals surface area (Å²) in [7, 11) is 0. The number of carbonyl (C=O) groups excluding carboxylic acids is 1. The number of anilines is 1. The predicted molar refractivity (Wildman–Crippen MR) is 72.9 cm³/mol. The SMILES string of the molecule is O=C(CCC1CCCC1)Nc1ccc(Cl)c(O)c1. The van der Waals surface area contributed by atoms with Crippen molar-refractivity contribution in [2.24, 2.45) is 5.92 Å². The quantitative estimate of drug-likeness (QED) is 0.868. The topological polar surface area (TPSA) is 49.3 Å². The zero-order valence-electron chi connectivity index (χ0n) is 10.3. The van der Waals surface area contributed by atoms with Crippen molar-refractivity contribution < 1.29 is 9.90 Å². The predicted octanol–water partition coefficient (Wildman–Crippen LogP) is 3.95. The van der Waals surface area contributed by atoms with Gasteiger partial charge in [-0.3, -0.25) is 4.79 Å². The molecule has 1 fully saturated rings. The number of carbonyl (C=O) groups is 1. The molecule has 0 unspecified atom stereocenters. The molecule has 2 rings (SSSR count). The van der Waals surface area contributed by atoms with Crippen molar-refractivity contribution in [1.82, 2.24) is 0 Å². The molecular formula is C14H18ClNO2. The standard InChI is InChI=1S/C14H18ClNO2/c15-12-7-6-11(9-13(12)17)16-14(18)8-5-10-3-1-2-4-10/h6-7,9-10,17H,1-5,8H2,(H,16,18). The number of hydrogen-bond donors (Lipinski definition) is 2. The van der Waals surface area contributed by atoms with E-state index in [2.05, 4.69) is 5.32 Å². The number of aromatic hydroxyl groups is 1. The minimum atomic E-state index is -0.00902. The number of phenols is 1. The first kappa shape index (κ1) is 13.2. The van der Waals surface area contributed by atoms with Gasteiger partial charge in [-0.15, -0.1) is 0 Å². The summed E-state index contributed by atoms with van der Waals surface area (Å²) in [5.41, 5.74) is 0.591. The molecule has 1 aromatic rings. The zero-order chi connectivity index (χ0) is 13.0. The fraction of sp³-hybridized carbons (Fsp3) is 0.500. The molecule has 1 aliphatic rings. The van der Waals surface area contributed by atoms with Gasteiger partial charge in [0.1, 0.15) is 5.75 Å². The molecule has 18 heavy (non-hydrogen) atoms. The summed E-state index contributed by atoms with van der Waals surface area (Å²) >= 11 is 5.70. The molecule has 1 aromatic carbocycles. The van der Waals surface area contributed by atoms with Crippen LogP contribution in [0.2, 0.25) is 5.02 Å². The van der Waals surface area contributed by atoms with Gasteiger partial charge < -0.3 is 10.4 Å². The highest BCUT2D eigenvalue weighted by Crippen LogP contribution is 2.29. The van der Waals surface area contributed by atoms with Gasteiger partial charge in [0.15, 0.2) is 0 Å². The molecule has 0 saturated heterocycles. The molecule has 98 valence electrons. The number of phenolic OH excluding ortho intramolecular Hbond substituents is 1. The summed E-state index contributed by atoms with van der Waals surface area (Å²) in [4.78, 5) is 11.7. The Hall–Kier alpha value is -1.22. The average Bonchev–Trinajstić information content (AvgIpc) is 2.84. The van der Waals surface area contributed by atoms with E-state index < -0.39 is 0 Å². The van der Waals surface area contributed by atoms with E-state index in [1.165, 1.54) is 31.7 Å². The molecule has 0 aliphatic heterocycles. The average molecular weight is 268 g/mol. The van der Waals surface area contributed by atoms with Gasteiger partial charge in [0.25, 0.3) is 0 Å². The van der Waals surface area contributed by atoms with Crippen LogP contribution in [-0.4, -0.2) is 11.0 Å². The first-order valence-electron chi connectivity index (χ1n) is 6.43. The Kier molecular flexibility index (Phi) is 4.48. The van der Waals surface area contributed by atoms with Crippen LogP contribution >= 0.6 is 11.6 Å². The maximum absolute atomic E-state index is 11.7. The van der Waals surface area contributed by atoms with Crippen molar-refractivity contribution in [3.8, 4) is 5.75 Å². The first-order chi connectivity index (χ1) is 8.65. The van der Waals surface area contributed by atoms with Crippen LogP contribution in [0.15, 0.2) is 18.2 Å². The minimum Gasteiger partial charge on any atom is -0.506 e. The maximum Gasteiger partial charge on any atom is 0.224 e. The number of amides is 1. The molecule has 0 spiro atoms. The molecule has 1 aliphatic carbocycles.